The summed E-state index contributed by atoms with van der Waals surface area (Å²) in [5.41, 5.74) is 1.20. The zero-order valence-corrected chi connectivity index (χ0v) is 15.0. The molecule has 1 aliphatic heterocycles. The van der Waals surface area contributed by atoms with Gasteiger partial charge in [0.15, 0.2) is 0 Å². The molecule has 1 aromatic carbocycles. The highest BCUT2D eigenvalue weighted by molar-refractivity contribution is 5.74. The van der Waals surface area contributed by atoms with Gasteiger partial charge in [-0.25, -0.2) is 4.79 Å². The van der Waals surface area contributed by atoms with Crippen molar-refractivity contribution >= 4 is 11.7 Å². The third-order valence-electron chi connectivity index (χ3n) is 5.81. The Hall–Kier alpha value is -1.91. The second-order valence-corrected chi connectivity index (χ2v) is 7.86. The van der Waals surface area contributed by atoms with E-state index in [2.05, 4.69) is 27.7 Å². The highest BCUT2D eigenvalue weighted by atomic mass is 16.5. The Labute approximate surface area is 150 Å². The Morgan fingerprint density at radius 2 is 2.00 bits per heavy atom. The van der Waals surface area contributed by atoms with E-state index in [1.165, 1.54) is 31.4 Å². The summed E-state index contributed by atoms with van der Waals surface area (Å²) in [5, 5.41) is 6.36. The molecule has 0 spiro atoms. The second kappa shape index (κ2) is 7.14. The predicted octanol–water partition coefficient (Wildman–Crippen LogP) is 3.01. The van der Waals surface area contributed by atoms with E-state index >= 15 is 0 Å². The summed E-state index contributed by atoms with van der Waals surface area (Å²) >= 11 is 0. The van der Waals surface area contributed by atoms with E-state index in [1.807, 2.05) is 12.1 Å². The van der Waals surface area contributed by atoms with E-state index in [0.29, 0.717) is 12.0 Å². The van der Waals surface area contributed by atoms with Crippen LogP contribution in [0.5, 0.6) is 5.75 Å². The van der Waals surface area contributed by atoms with Crippen LogP contribution in [0, 0.1) is 17.8 Å². The SMILES string of the molecule is COc1cccc(N2CC[C@@H](CNC(=O)NC(C3CC3)C3CC3)C2)c1. The van der Waals surface area contributed by atoms with E-state index in [0.717, 1.165) is 43.6 Å². The first-order valence-corrected chi connectivity index (χ1v) is 9.66. The predicted molar refractivity (Wildman–Crippen MR) is 99.1 cm³/mol. The Bertz CT molecular complexity index is 601. The third-order valence-corrected chi connectivity index (χ3v) is 5.81. The fourth-order valence-corrected chi connectivity index (χ4v) is 4.01. The zero-order valence-electron chi connectivity index (χ0n) is 15.0. The van der Waals surface area contributed by atoms with Gasteiger partial charge in [0.05, 0.1) is 7.11 Å². The number of carbonyl (C=O) groups is 1. The molecule has 25 heavy (non-hydrogen) atoms. The van der Waals surface area contributed by atoms with Gasteiger partial charge >= 0.3 is 6.03 Å². The molecular formula is C20H29N3O2. The van der Waals surface area contributed by atoms with Crippen LogP contribution >= 0.6 is 0 Å². The van der Waals surface area contributed by atoms with Crippen LogP contribution in [-0.4, -0.2) is 38.8 Å². The lowest BCUT2D eigenvalue weighted by molar-refractivity contribution is 0.231. The average molecular weight is 343 g/mol. The maximum atomic E-state index is 12.3. The minimum atomic E-state index is 0.0311. The Morgan fingerprint density at radius 1 is 1.24 bits per heavy atom. The van der Waals surface area contributed by atoms with Crippen LogP contribution in [-0.2, 0) is 0 Å². The molecule has 2 amide bonds. The van der Waals surface area contributed by atoms with Gasteiger partial charge in [-0.1, -0.05) is 6.07 Å². The molecule has 5 heteroatoms. The molecule has 1 atom stereocenters. The fourth-order valence-electron chi connectivity index (χ4n) is 4.01. The van der Waals surface area contributed by atoms with Gasteiger partial charge in [0.2, 0.25) is 0 Å². The summed E-state index contributed by atoms with van der Waals surface area (Å²) in [7, 11) is 1.70. The summed E-state index contributed by atoms with van der Waals surface area (Å²) in [6, 6.07) is 8.67. The summed E-state index contributed by atoms with van der Waals surface area (Å²) in [6.07, 6.45) is 6.28. The first kappa shape index (κ1) is 16.6. The van der Waals surface area contributed by atoms with Crippen LogP contribution in [0.4, 0.5) is 10.5 Å². The number of urea groups is 1. The standard InChI is InChI=1S/C20H29N3O2/c1-25-18-4-2-3-17(11-18)23-10-9-14(13-23)12-21-20(24)22-19(15-5-6-15)16-7-8-16/h2-4,11,14-16,19H,5-10,12-13H2,1H3,(H2,21,22,24)/t14-/m0/s1. The van der Waals surface area contributed by atoms with Crippen molar-refractivity contribution in [2.24, 2.45) is 17.8 Å². The molecular weight excluding hydrogens is 314 g/mol. The topological polar surface area (TPSA) is 53.6 Å². The number of nitrogens with zero attached hydrogens (tertiary/aromatic N) is 1. The molecule has 1 saturated heterocycles. The van der Waals surface area contributed by atoms with Gasteiger partial charge in [-0.2, -0.15) is 0 Å². The molecule has 0 aromatic heterocycles. The van der Waals surface area contributed by atoms with E-state index in [4.69, 9.17) is 4.74 Å². The molecule has 5 nitrogen and oxygen atoms in total. The normalized spacial score (nSPS) is 23.0. The average Bonchev–Trinajstić information content (AvgIpc) is 3.56. The summed E-state index contributed by atoms with van der Waals surface area (Å²) in [4.78, 5) is 14.6. The number of anilines is 1. The van der Waals surface area contributed by atoms with E-state index in [1.54, 1.807) is 7.11 Å². The number of hydrogen-bond acceptors (Lipinski definition) is 3. The second-order valence-electron chi connectivity index (χ2n) is 7.86. The number of nitrogens with one attached hydrogen (secondary N) is 2. The van der Waals surface area contributed by atoms with Crippen molar-refractivity contribution in [2.75, 3.05) is 31.6 Å². The quantitative estimate of drug-likeness (QED) is 0.800. The molecule has 0 radical (unpaired) electrons. The number of ether oxygens (including phenoxy) is 1. The van der Waals surface area contributed by atoms with Crippen molar-refractivity contribution in [3.05, 3.63) is 24.3 Å². The molecule has 0 bridgehead atoms. The molecule has 136 valence electrons. The molecule has 3 fully saturated rings. The molecule has 4 rings (SSSR count). The maximum absolute atomic E-state index is 12.3. The molecule has 3 aliphatic rings. The molecule has 0 unspecified atom stereocenters. The van der Waals surface area contributed by atoms with Gasteiger partial charge in [0, 0.05) is 37.4 Å². The number of methoxy groups -OCH3 is 1. The van der Waals surface area contributed by atoms with Crippen LogP contribution in [0.2, 0.25) is 0 Å². The number of rotatable bonds is 7. The minimum absolute atomic E-state index is 0.0311. The Kier molecular flexibility index (Phi) is 4.73. The molecule has 2 N–H and O–H groups in total. The molecule has 1 aromatic rings. The molecule has 2 saturated carbocycles. The van der Waals surface area contributed by atoms with Crippen LogP contribution in [0.3, 0.4) is 0 Å². The van der Waals surface area contributed by atoms with E-state index in [-0.39, 0.29) is 6.03 Å². The monoisotopic (exact) mass is 343 g/mol. The zero-order chi connectivity index (χ0) is 17.2. The highest BCUT2D eigenvalue weighted by Crippen LogP contribution is 2.44. The number of amides is 2. The maximum Gasteiger partial charge on any atom is 0.315 e. The Morgan fingerprint density at radius 3 is 2.68 bits per heavy atom. The van der Waals surface area contributed by atoms with Crippen LogP contribution < -0.4 is 20.3 Å². The van der Waals surface area contributed by atoms with Crippen molar-refractivity contribution in [2.45, 2.75) is 38.1 Å². The molecule has 2 aliphatic carbocycles. The van der Waals surface area contributed by atoms with Crippen molar-refractivity contribution < 1.29 is 9.53 Å². The minimum Gasteiger partial charge on any atom is -0.497 e. The van der Waals surface area contributed by atoms with Gasteiger partial charge in [0.1, 0.15) is 5.75 Å². The van der Waals surface area contributed by atoms with Crippen molar-refractivity contribution in [1.29, 1.82) is 0 Å². The van der Waals surface area contributed by atoms with Gasteiger partial charge in [-0.3, -0.25) is 0 Å². The van der Waals surface area contributed by atoms with Crippen LogP contribution in [0.25, 0.3) is 0 Å². The smallest absolute Gasteiger partial charge is 0.315 e. The van der Waals surface area contributed by atoms with Gasteiger partial charge < -0.3 is 20.3 Å². The van der Waals surface area contributed by atoms with Crippen LogP contribution in [0.15, 0.2) is 24.3 Å². The number of hydrogen-bond donors (Lipinski definition) is 2. The Balaban J connectivity index is 1.23. The largest absolute Gasteiger partial charge is 0.497 e. The highest BCUT2D eigenvalue weighted by Gasteiger charge is 2.42. The van der Waals surface area contributed by atoms with Crippen molar-refractivity contribution in [3.8, 4) is 5.75 Å². The fraction of sp³-hybridized carbons (Fsp3) is 0.650. The lowest BCUT2D eigenvalue weighted by Crippen LogP contribution is -2.45. The van der Waals surface area contributed by atoms with E-state index < -0.39 is 0 Å². The molecule has 1 heterocycles. The number of benzene rings is 1. The van der Waals surface area contributed by atoms with Gasteiger partial charge in [-0.15, -0.1) is 0 Å². The first-order valence-electron chi connectivity index (χ1n) is 9.66. The van der Waals surface area contributed by atoms with E-state index in [9.17, 15) is 4.79 Å². The third kappa shape index (κ3) is 4.20. The lowest BCUT2D eigenvalue weighted by Gasteiger charge is -2.21. The van der Waals surface area contributed by atoms with Gasteiger partial charge in [0.25, 0.3) is 0 Å². The summed E-state index contributed by atoms with van der Waals surface area (Å²) in [5.74, 6) is 2.89. The summed E-state index contributed by atoms with van der Waals surface area (Å²) in [6.45, 7) is 2.78. The summed E-state index contributed by atoms with van der Waals surface area (Å²) < 4.78 is 5.31. The van der Waals surface area contributed by atoms with Crippen LogP contribution in [0.1, 0.15) is 32.1 Å². The first-order chi connectivity index (χ1) is 12.2. The van der Waals surface area contributed by atoms with Gasteiger partial charge in [-0.05, 0) is 62.0 Å². The lowest BCUT2D eigenvalue weighted by atomic mass is 10.1. The van der Waals surface area contributed by atoms with Crippen molar-refractivity contribution in [3.63, 3.8) is 0 Å². The number of carbonyl (C=O) groups excluding carboxylic acids is 1. The van der Waals surface area contributed by atoms with Crippen molar-refractivity contribution in [1.82, 2.24) is 10.6 Å².